The number of carbonyl (C=O) groups is 2. The number of piperazine rings is 1. The number of carbonyl (C=O) groups excluding carboxylic acids is 2. The van der Waals surface area contributed by atoms with Gasteiger partial charge in [0.25, 0.3) is 12.3 Å². The molecule has 2 saturated heterocycles. The number of alkyl halides is 2. The number of anilines is 2. The molecule has 2 aliphatic heterocycles. The number of piperidine rings is 1. The standard InChI is InChI=1S/C31H34F2N10O2/c1-2-20-17-22(3-4-23(20)31(45)41-15-13-40(14-16-41)30(44)21-5-8-35-9-6-21)38-28-29-37-18-25(43(29)12-10-36-28)24-19-42(11-7-34)39-26(24)27(32)33/h3-4,10,12,17-19,21,27,35H,2,5-6,8-9,11,13-16H2,1H3,(H,36,38). The van der Waals surface area contributed by atoms with Crippen molar-refractivity contribution in [2.24, 2.45) is 5.92 Å². The lowest BCUT2D eigenvalue weighted by molar-refractivity contribution is -0.137. The number of aryl methyl sites for hydroxylation is 1. The summed E-state index contributed by atoms with van der Waals surface area (Å²) in [6, 6.07) is 7.42. The zero-order valence-corrected chi connectivity index (χ0v) is 24.9. The Balaban J connectivity index is 1.18. The van der Waals surface area contributed by atoms with Crippen molar-refractivity contribution in [3.63, 3.8) is 0 Å². The summed E-state index contributed by atoms with van der Waals surface area (Å²) in [5, 5.41) is 19.4. The van der Waals surface area contributed by atoms with Gasteiger partial charge in [-0.05, 0) is 56.1 Å². The van der Waals surface area contributed by atoms with Gasteiger partial charge in [0.1, 0.15) is 12.2 Å². The molecule has 14 heteroatoms. The highest BCUT2D eigenvalue weighted by molar-refractivity contribution is 5.96. The van der Waals surface area contributed by atoms with Crippen LogP contribution >= 0.6 is 0 Å². The molecule has 0 spiro atoms. The topological polar surface area (TPSA) is 136 Å². The fourth-order valence-corrected chi connectivity index (χ4v) is 6.09. The van der Waals surface area contributed by atoms with Crippen LogP contribution in [0.5, 0.6) is 0 Å². The summed E-state index contributed by atoms with van der Waals surface area (Å²) < 4.78 is 30.4. The van der Waals surface area contributed by atoms with Crippen molar-refractivity contribution in [3.05, 3.63) is 59.8 Å². The maximum atomic E-state index is 13.8. The van der Waals surface area contributed by atoms with E-state index >= 15 is 0 Å². The molecule has 6 rings (SSSR count). The lowest BCUT2D eigenvalue weighted by atomic mass is 9.96. The third kappa shape index (κ3) is 6.08. The first-order valence-electron chi connectivity index (χ1n) is 15.1. The Bertz CT molecular complexity index is 1750. The molecule has 2 N–H and O–H groups in total. The smallest absolute Gasteiger partial charge is 0.282 e. The molecule has 2 aliphatic rings. The molecule has 3 aromatic heterocycles. The van der Waals surface area contributed by atoms with Crippen LogP contribution in [0.1, 0.15) is 47.8 Å². The predicted octanol–water partition coefficient (Wildman–Crippen LogP) is 3.64. The Hall–Kier alpha value is -4.90. The van der Waals surface area contributed by atoms with Gasteiger partial charge < -0.3 is 20.4 Å². The van der Waals surface area contributed by atoms with Crippen LogP contribution in [-0.4, -0.2) is 85.0 Å². The summed E-state index contributed by atoms with van der Waals surface area (Å²) in [5.41, 5.74) is 2.73. The summed E-state index contributed by atoms with van der Waals surface area (Å²) in [7, 11) is 0. The number of aromatic nitrogens is 5. The van der Waals surface area contributed by atoms with Gasteiger partial charge in [0.2, 0.25) is 5.91 Å². The van der Waals surface area contributed by atoms with Crippen molar-refractivity contribution in [3.8, 4) is 17.3 Å². The zero-order valence-electron chi connectivity index (χ0n) is 24.9. The van der Waals surface area contributed by atoms with Crippen molar-refractivity contribution in [2.45, 2.75) is 39.2 Å². The molecule has 5 heterocycles. The molecule has 45 heavy (non-hydrogen) atoms. The van der Waals surface area contributed by atoms with Gasteiger partial charge in [-0.3, -0.25) is 18.7 Å². The van der Waals surface area contributed by atoms with Crippen molar-refractivity contribution in [2.75, 3.05) is 44.6 Å². The molecular formula is C31H34F2N10O2. The molecule has 2 amide bonds. The molecule has 0 saturated carbocycles. The molecule has 2 fully saturated rings. The average molecular weight is 617 g/mol. The van der Waals surface area contributed by atoms with Crippen molar-refractivity contribution in [1.82, 2.24) is 39.3 Å². The number of nitrogens with zero attached hydrogens (tertiary/aromatic N) is 8. The number of hydrogen-bond acceptors (Lipinski definition) is 8. The third-order valence-corrected chi connectivity index (χ3v) is 8.48. The lowest BCUT2D eigenvalue weighted by Gasteiger charge is -2.37. The Labute approximate surface area is 258 Å². The highest BCUT2D eigenvalue weighted by Gasteiger charge is 2.30. The van der Waals surface area contributed by atoms with Gasteiger partial charge in [-0.25, -0.2) is 18.7 Å². The predicted molar refractivity (Wildman–Crippen MR) is 162 cm³/mol. The molecule has 0 atom stereocenters. The number of hydrogen-bond donors (Lipinski definition) is 2. The van der Waals surface area contributed by atoms with E-state index in [2.05, 4.69) is 25.7 Å². The van der Waals surface area contributed by atoms with Gasteiger partial charge >= 0.3 is 0 Å². The number of benzene rings is 1. The minimum atomic E-state index is -2.83. The first kappa shape index (κ1) is 30.1. The van der Waals surface area contributed by atoms with Crippen LogP contribution < -0.4 is 10.6 Å². The highest BCUT2D eigenvalue weighted by atomic mass is 19.3. The Morgan fingerprint density at radius 3 is 2.60 bits per heavy atom. The van der Waals surface area contributed by atoms with Crippen LogP contribution in [0.2, 0.25) is 0 Å². The number of nitrogens with one attached hydrogen (secondary N) is 2. The van der Waals surface area contributed by atoms with Gasteiger partial charge in [0, 0.05) is 67.5 Å². The van der Waals surface area contributed by atoms with Crippen molar-refractivity contribution < 1.29 is 18.4 Å². The van der Waals surface area contributed by atoms with E-state index in [4.69, 9.17) is 5.26 Å². The van der Waals surface area contributed by atoms with E-state index < -0.39 is 12.1 Å². The lowest BCUT2D eigenvalue weighted by Crippen LogP contribution is -2.52. The van der Waals surface area contributed by atoms with Gasteiger partial charge in [-0.1, -0.05) is 6.92 Å². The normalized spacial score (nSPS) is 15.9. The monoisotopic (exact) mass is 616 g/mol. The number of fused-ring (bicyclic) bond motifs is 1. The molecule has 1 aromatic carbocycles. The van der Waals surface area contributed by atoms with Crippen LogP contribution in [0.4, 0.5) is 20.3 Å². The van der Waals surface area contributed by atoms with Crippen molar-refractivity contribution in [1.29, 1.82) is 5.26 Å². The number of rotatable bonds is 8. The van der Waals surface area contributed by atoms with Gasteiger partial charge in [-0.15, -0.1) is 0 Å². The summed E-state index contributed by atoms with van der Waals surface area (Å²) in [6.07, 6.45) is 5.56. The summed E-state index contributed by atoms with van der Waals surface area (Å²) in [4.78, 5) is 39.1. The average Bonchev–Trinajstić information content (AvgIpc) is 3.70. The molecular weight excluding hydrogens is 582 g/mol. The van der Waals surface area contributed by atoms with Crippen LogP contribution in [-0.2, 0) is 17.8 Å². The third-order valence-electron chi connectivity index (χ3n) is 8.48. The van der Waals surface area contributed by atoms with Crippen LogP contribution in [0.3, 0.4) is 0 Å². The molecule has 4 aromatic rings. The second-order valence-electron chi connectivity index (χ2n) is 11.2. The summed E-state index contributed by atoms with van der Waals surface area (Å²) in [6.45, 7) is 5.63. The van der Waals surface area contributed by atoms with E-state index in [0.29, 0.717) is 61.0 Å². The van der Waals surface area contributed by atoms with E-state index in [1.54, 1.807) is 22.7 Å². The first-order chi connectivity index (χ1) is 21.9. The highest BCUT2D eigenvalue weighted by Crippen LogP contribution is 2.32. The van der Waals surface area contributed by atoms with Crippen LogP contribution in [0.25, 0.3) is 16.9 Å². The summed E-state index contributed by atoms with van der Waals surface area (Å²) in [5.74, 6) is 0.613. The molecule has 0 radical (unpaired) electrons. The Morgan fingerprint density at radius 1 is 1.13 bits per heavy atom. The number of amides is 2. The number of nitriles is 1. The quantitative estimate of drug-likeness (QED) is 0.306. The molecule has 0 bridgehead atoms. The second kappa shape index (κ2) is 13.0. The fraction of sp³-hybridized carbons (Fsp3) is 0.419. The minimum Gasteiger partial charge on any atom is -0.339 e. The summed E-state index contributed by atoms with van der Waals surface area (Å²) >= 11 is 0. The van der Waals surface area contributed by atoms with E-state index in [-0.39, 0.29) is 29.8 Å². The second-order valence-corrected chi connectivity index (χ2v) is 11.2. The van der Waals surface area contributed by atoms with Crippen LogP contribution in [0.15, 0.2) is 43.0 Å². The van der Waals surface area contributed by atoms with Gasteiger partial charge in [-0.2, -0.15) is 10.4 Å². The maximum absolute atomic E-state index is 13.8. The minimum absolute atomic E-state index is 0.0581. The largest absolute Gasteiger partial charge is 0.339 e. The van der Waals surface area contributed by atoms with Crippen molar-refractivity contribution >= 4 is 29.0 Å². The first-order valence-corrected chi connectivity index (χ1v) is 15.1. The van der Waals surface area contributed by atoms with Gasteiger partial charge in [0.05, 0.1) is 18.0 Å². The fourth-order valence-electron chi connectivity index (χ4n) is 6.09. The van der Waals surface area contributed by atoms with E-state index in [0.717, 1.165) is 31.5 Å². The maximum Gasteiger partial charge on any atom is 0.282 e. The Kier molecular flexibility index (Phi) is 8.70. The number of imidazole rings is 1. The molecule has 12 nitrogen and oxygen atoms in total. The van der Waals surface area contributed by atoms with E-state index in [1.165, 1.54) is 23.3 Å². The molecule has 0 aliphatic carbocycles. The van der Waals surface area contributed by atoms with E-state index in [1.807, 2.05) is 28.9 Å². The number of halogens is 2. The van der Waals surface area contributed by atoms with Gasteiger partial charge in [0.15, 0.2) is 11.5 Å². The zero-order chi connectivity index (χ0) is 31.5. The Morgan fingerprint density at radius 2 is 1.89 bits per heavy atom. The van der Waals surface area contributed by atoms with E-state index in [9.17, 15) is 18.4 Å². The molecule has 0 unspecified atom stereocenters. The van der Waals surface area contributed by atoms with Crippen LogP contribution in [0, 0.1) is 17.2 Å². The molecule has 234 valence electrons. The SMILES string of the molecule is CCc1cc(Nc2nccn3c(-c4cn(CC#N)nc4C(F)F)cnc23)ccc1C(=O)N1CCN(C(=O)C2CCNCC2)CC1.